The summed E-state index contributed by atoms with van der Waals surface area (Å²) >= 11 is 0. The molecule has 2 aromatic rings. The molecule has 0 saturated carbocycles. The first-order valence-corrected chi connectivity index (χ1v) is 6.87. The molecule has 1 aliphatic rings. The lowest BCUT2D eigenvalue weighted by molar-refractivity contribution is 0.581. The molecule has 3 rings (SSSR count). The normalized spacial score (nSPS) is 17.9. The summed E-state index contributed by atoms with van der Waals surface area (Å²) in [6, 6.07) is 6.67. The summed E-state index contributed by atoms with van der Waals surface area (Å²) in [5.74, 6) is 0.981. The first-order valence-electron chi connectivity index (χ1n) is 6.87. The van der Waals surface area contributed by atoms with Gasteiger partial charge in [-0.3, -0.25) is 4.98 Å². The fraction of sp³-hybridized carbons (Fsp3) is 0.375. The summed E-state index contributed by atoms with van der Waals surface area (Å²) in [5, 5.41) is 3.56. The van der Waals surface area contributed by atoms with E-state index in [9.17, 15) is 0 Å². The highest BCUT2D eigenvalue weighted by atomic mass is 15.0. The zero-order valence-corrected chi connectivity index (χ0v) is 11.5. The van der Waals surface area contributed by atoms with Crippen LogP contribution in [0.1, 0.15) is 41.3 Å². The van der Waals surface area contributed by atoms with Gasteiger partial charge in [0.1, 0.15) is 5.82 Å². The van der Waals surface area contributed by atoms with Gasteiger partial charge < -0.3 is 5.32 Å². The van der Waals surface area contributed by atoms with Gasteiger partial charge in [-0.25, -0.2) is 4.98 Å². The van der Waals surface area contributed by atoms with Crippen molar-refractivity contribution in [2.75, 3.05) is 5.32 Å². The molecule has 0 amide bonds. The number of pyridine rings is 2. The van der Waals surface area contributed by atoms with E-state index in [1.165, 1.54) is 28.8 Å². The Morgan fingerprint density at radius 1 is 1.26 bits per heavy atom. The molecule has 0 aliphatic heterocycles. The smallest absolute Gasteiger partial charge is 0.129 e. The quantitative estimate of drug-likeness (QED) is 0.889. The maximum Gasteiger partial charge on any atom is 0.129 e. The summed E-state index contributed by atoms with van der Waals surface area (Å²) < 4.78 is 0. The molecule has 1 unspecified atom stereocenters. The summed E-state index contributed by atoms with van der Waals surface area (Å²) in [6.45, 7) is 4.17. The van der Waals surface area contributed by atoms with Crippen molar-refractivity contribution in [1.82, 2.24) is 9.97 Å². The van der Waals surface area contributed by atoms with Gasteiger partial charge in [0.05, 0.1) is 11.7 Å². The number of rotatable bonds is 2. The minimum Gasteiger partial charge on any atom is -0.361 e. The van der Waals surface area contributed by atoms with Crippen molar-refractivity contribution in [3.05, 3.63) is 53.0 Å². The molecule has 3 nitrogen and oxygen atoms in total. The zero-order valence-electron chi connectivity index (χ0n) is 11.5. The van der Waals surface area contributed by atoms with Gasteiger partial charge in [0.2, 0.25) is 0 Å². The number of hydrogen-bond donors (Lipinski definition) is 1. The predicted molar refractivity (Wildman–Crippen MR) is 77.2 cm³/mol. The van der Waals surface area contributed by atoms with E-state index < -0.39 is 0 Å². The maximum atomic E-state index is 4.55. The average molecular weight is 253 g/mol. The van der Waals surface area contributed by atoms with Gasteiger partial charge in [-0.1, -0.05) is 12.1 Å². The van der Waals surface area contributed by atoms with Crippen molar-refractivity contribution in [2.45, 2.75) is 39.2 Å². The second kappa shape index (κ2) is 5.00. The van der Waals surface area contributed by atoms with Gasteiger partial charge in [0.25, 0.3) is 0 Å². The fourth-order valence-electron chi connectivity index (χ4n) is 2.78. The number of fused-ring (bicyclic) bond motifs is 1. The number of aromatic nitrogens is 2. The van der Waals surface area contributed by atoms with Crippen molar-refractivity contribution < 1.29 is 0 Å². The summed E-state index contributed by atoms with van der Waals surface area (Å²) in [5.41, 5.74) is 4.96. The molecule has 0 saturated heterocycles. The van der Waals surface area contributed by atoms with E-state index in [0.717, 1.165) is 18.7 Å². The Morgan fingerprint density at radius 3 is 3.00 bits per heavy atom. The second-order valence-corrected chi connectivity index (χ2v) is 5.32. The van der Waals surface area contributed by atoms with Crippen LogP contribution >= 0.6 is 0 Å². The SMILES string of the molecule is Cc1cnc(NC2CCCc3cccnc32)c(C)c1. The van der Waals surface area contributed by atoms with Gasteiger partial charge in [0, 0.05) is 12.4 Å². The van der Waals surface area contributed by atoms with E-state index in [2.05, 4.69) is 41.3 Å². The minimum absolute atomic E-state index is 0.291. The third kappa shape index (κ3) is 2.46. The van der Waals surface area contributed by atoms with Crippen molar-refractivity contribution in [2.24, 2.45) is 0 Å². The molecule has 3 heteroatoms. The van der Waals surface area contributed by atoms with Gasteiger partial charge in [-0.15, -0.1) is 0 Å². The molecule has 1 N–H and O–H groups in total. The number of anilines is 1. The molecule has 0 radical (unpaired) electrons. The molecule has 98 valence electrons. The third-order valence-electron chi connectivity index (χ3n) is 3.72. The average Bonchev–Trinajstić information content (AvgIpc) is 2.42. The van der Waals surface area contributed by atoms with Crippen LogP contribution in [0, 0.1) is 13.8 Å². The van der Waals surface area contributed by atoms with Crippen molar-refractivity contribution >= 4 is 5.82 Å². The highest BCUT2D eigenvalue weighted by Crippen LogP contribution is 2.31. The Hall–Kier alpha value is -1.90. The second-order valence-electron chi connectivity index (χ2n) is 5.32. The highest BCUT2D eigenvalue weighted by Gasteiger charge is 2.21. The minimum atomic E-state index is 0.291. The molecule has 2 aromatic heterocycles. The summed E-state index contributed by atoms with van der Waals surface area (Å²) in [7, 11) is 0. The molecular weight excluding hydrogens is 234 g/mol. The lowest BCUT2D eigenvalue weighted by Crippen LogP contribution is -2.19. The van der Waals surface area contributed by atoms with Crippen molar-refractivity contribution in [3.8, 4) is 0 Å². The Kier molecular flexibility index (Phi) is 3.20. The van der Waals surface area contributed by atoms with Crippen LogP contribution in [0.3, 0.4) is 0 Å². The Bertz CT molecular complexity index is 592. The lowest BCUT2D eigenvalue weighted by Gasteiger charge is -2.26. The fourth-order valence-corrected chi connectivity index (χ4v) is 2.78. The lowest BCUT2D eigenvalue weighted by atomic mass is 9.92. The molecule has 0 fully saturated rings. The van der Waals surface area contributed by atoms with Gasteiger partial charge >= 0.3 is 0 Å². The highest BCUT2D eigenvalue weighted by molar-refractivity contribution is 5.47. The first kappa shape index (κ1) is 12.2. The van der Waals surface area contributed by atoms with Crippen LogP contribution in [0.5, 0.6) is 0 Å². The maximum absolute atomic E-state index is 4.55. The first-order chi connectivity index (χ1) is 9.24. The molecule has 1 aliphatic carbocycles. The van der Waals surface area contributed by atoms with Crippen molar-refractivity contribution in [3.63, 3.8) is 0 Å². The molecule has 0 aromatic carbocycles. The molecule has 19 heavy (non-hydrogen) atoms. The molecule has 0 spiro atoms. The van der Waals surface area contributed by atoms with Crippen LogP contribution in [0.25, 0.3) is 0 Å². The molecule has 0 bridgehead atoms. The topological polar surface area (TPSA) is 37.8 Å². The van der Waals surface area contributed by atoms with E-state index in [4.69, 9.17) is 0 Å². The van der Waals surface area contributed by atoms with Crippen molar-refractivity contribution in [1.29, 1.82) is 0 Å². The zero-order chi connectivity index (χ0) is 13.2. The molecule has 1 atom stereocenters. The van der Waals surface area contributed by atoms with Gasteiger partial charge in [-0.2, -0.15) is 0 Å². The molecule has 2 heterocycles. The van der Waals surface area contributed by atoms with E-state index in [0.29, 0.717) is 6.04 Å². The van der Waals surface area contributed by atoms with Crippen LogP contribution in [0.15, 0.2) is 30.6 Å². The number of nitrogens with one attached hydrogen (secondary N) is 1. The standard InChI is InChI=1S/C16H19N3/c1-11-9-12(2)16(18-10-11)19-14-7-3-5-13-6-4-8-17-15(13)14/h4,6,8-10,14H,3,5,7H2,1-2H3,(H,18,19). The van der Waals surface area contributed by atoms with Crippen LogP contribution in [-0.4, -0.2) is 9.97 Å². The van der Waals surface area contributed by atoms with Gasteiger partial charge in [-0.05, 0) is 55.9 Å². The van der Waals surface area contributed by atoms with E-state index >= 15 is 0 Å². The van der Waals surface area contributed by atoms with E-state index in [-0.39, 0.29) is 0 Å². The van der Waals surface area contributed by atoms with Gasteiger partial charge in [0.15, 0.2) is 0 Å². The Labute approximate surface area is 114 Å². The summed E-state index contributed by atoms with van der Waals surface area (Å²) in [4.78, 5) is 9.06. The van der Waals surface area contributed by atoms with Crippen LogP contribution in [0.4, 0.5) is 5.82 Å². The predicted octanol–water partition coefficient (Wildman–Crippen LogP) is 3.58. The summed E-state index contributed by atoms with van der Waals surface area (Å²) in [6.07, 6.45) is 7.27. The van der Waals surface area contributed by atoms with Crippen LogP contribution in [-0.2, 0) is 6.42 Å². The monoisotopic (exact) mass is 253 g/mol. The Morgan fingerprint density at radius 2 is 2.16 bits per heavy atom. The van der Waals surface area contributed by atoms with Crippen LogP contribution < -0.4 is 5.32 Å². The Balaban J connectivity index is 1.88. The largest absolute Gasteiger partial charge is 0.361 e. The number of aryl methyl sites for hydroxylation is 3. The molecular formula is C16H19N3. The number of nitrogens with zero attached hydrogens (tertiary/aromatic N) is 2. The van der Waals surface area contributed by atoms with Crippen LogP contribution in [0.2, 0.25) is 0 Å². The van der Waals surface area contributed by atoms with E-state index in [1.807, 2.05) is 18.5 Å². The number of hydrogen-bond acceptors (Lipinski definition) is 3. The van der Waals surface area contributed by atoms with E-state index in [1.54, 1.807) is 0 Å². The third-order valence-corrected chi connectivity index (χ3v) is 3.72.